The minimum Gasteiger partial charge on any atom is -0.452 e. The van der Waals surface area contributed by atoms with Crippen molar-refractivity contribution >= 4 is 23.5 Å². The first-order valence-corrected chi connectivity index (χ1v) is 8.77. The number of ether oxygens (including phenoxy) is 1. The number of para-hydroxylation sites is 1. The topological polar surface area (TPSA) is 84.5 Å². The van der Waals surface area contributed by atoms with Gasteiger partial charge < -0.3 is 15.4 Å². The van der Waals surface area contributed by atoms with Crippen molar-refractivity contribution in [1.29, 1.82) is 0 Å². The van der Waals surface area contributed by atoms with Gasteiger partial charge in [-0.05, 0) is 24.6 Å². The normalized spacial score (nSPS) is 10.8. The minimum atomic E-state index is -0.623. The maximum atomic E-state index is 12.5. The van der Waals surface area contributed by atoms with Crippen LogP contribution < -0.4 is 10.6 Å². The number of hydrogen-bond donors (Lipinski definition) is 2. The third kappa shape index (κ3) is 6.92. The molecule has 2 aromatic carbocycles. The zero-order chi connectivity index (χ0) is 20.2. The molecule has 0 atom stereocenters. The van der Waals surface area contributed by atoms with Crippen LogP contribution >= 0.6 is 0 Å². The first-order valence-electron chi connectivity index (χ1n) is 8.77. The predicted octanol–water partition coefficient (Wildman–Crippen LogP) is 3.23. The summed E-state index contributed by atoms with van der Waals surface area (Å²) in [6.07, 6.45) is 6.17. The zero-order valence-electron chi connectivity index (χ0n) is 15.6. The molecule has 6 nitrogen and oxygen atoms in total. The molecule has 0 radical (unpaired) electrons. The van der Waals surface area contributed by atoms with Gasteiger partial charge in [0.1, 0.15) is 0 Å². The Morgan fingerprint density at radius 1 is 0.964 bits per heavy atom. The second-order valence-corrected chi connectivity index (χ2v) is 5.75. The Morgan fingerprint density at radius 3 is 2.43 bits per heavy atom. The molecule has 6 heteroatoms. The largest absolute Gasteiger partial charge is 0.452 e. The highest BCUT2D eigenvalue weighted by atomic mass is 16.5. The Kier molecular flexibility index (Phi) is 8.20. The molecule has 0 aliphatic heterocycles. The number of nitrogens with one attached hydrogen (secondary N) is 2. The molecule has 0 aromatic heterocycles. The van der Waals surface area contributed by atoms with E-state index in [9.17, 15) is 14.4 Å². The van der Waals surface area contributed by atoms with Crippen LogP contribution in [-0.4, -0.2) is 24.4 Å². The molecule has 0 saturated carbocycles. The van der Waals surface area contributed by atoms with E-state index in [1.54, 1.807) is 36.4 Å². The van der Waals surface area contributed by atoms with Crippen molar-refractivity contribution in [2.45, 2.75) is 13.5 Å². The number of anilines is 1. The Hall–Kier alpha value is -3.67. The summed E-state index contributed by atoms with van der Waals surface area (Å²) in [5, 5.41) is 5.41. The highest BCUT2D eigenvalue weighted by Crippen LogP contribution is 2.15. The smallest absolute Gasteiger partial charge is 0.331 e. The van der Waals surface area contributed by atoms with Crippen molar-refractivity contribution in [3.05, 3.63) is 90.0 Å². The first kappa shape index (κ1) is 20.6. The lowest BCUT2D eigenvalue weighted by molar-refractivity contribution is -0.142. The lowest BCUT2D eigenvalue weighted by Crippen LogP contribution is -2.26. The van der Waals surface area contributed by atoms with Crippen LogP contribution in [0.1, 0.15) is 22.8 Å². The average molecular weight is 378 g/mol. The molecule has 0 aliphatic carbocycles. The van der Waals surface area contributed by atoms with Crippen LogP contribution in [0, 0.1) is 0 Å². The monoisotopic (exact) mass is 378 g/mol. The van der Waals surface area contributed by atoms with E-state index < -0.39 is 18.5 Å². The van der Waals surface area contributed by atoms with Gasteiger partial charge in [-0.1, -0.05) is 60.7 Å². The summed E-state index contributed by atoms with van der Waals surface area (Å²) in [5.41, 5.74) is 1.64. The summed E-state index contributed by atoms with van der Waals surface area (Å²) in [6.45, 7) is 1.74. The van der Waals surface area contributed by atoms with Crippen molar-refractivity contribution in [3.8, 4) is 0 Å². The van der Waals surface area contributed by atoms with Gasteiger partial charge in [-0.15, -0.1) is 0 Å². The molecule has 0 spiro atoms. The van der Waals surface area contributed by atoms with Gasteiger partial charge in [0, 0.05) is 12.6 Å². The van der Waals surface area contributed by atoms with Crippen LogP contribution in [0.3, 0.4) is 0 Å². The molecule has 0 saturated heterocycles. The van der Waals surface area contributed by atoms with E-state index in [2.05, 4.69) is 10.6 Å². The predicted molar refractivity (Wildman–Crippen MR) is 108 cm³/mol. The van der Waals surface area contributed by atoms with Crippen LogP contribution in [0.4, 0.5) is 5.69 Å². The molecular formula is C22H22N2O4. The molecule has 2 amide bonds. The molecule has 2 aromatic rings. The number of carbonyl (C=O) groups is 3. The molecule has 0 unspecified atom stereocenters. The maximum Gasteiger partial charge on any atom is 0.331 e. The summed E-state index contributed by atoms with van der Waals surface area (Å²) >= 11 is 0. The third-order valence-electron chi connectivity index (χ3n) is 3.62. The van der Waals surface area contributed by atoms with Gasteiger partial charge in [-0.2, -0.15) is 0 Å². The third-order valence-corrected chi connectivity index (χ3v) is 3.62. The fraction of sp³-hybridized carbons (Fsp3) is 0.136. The van der Waals surface area contributed by atoms with E-state index in [0.29, 0.717) is 17.8 Å². The van der Waals surface area contributed by atoms with Gasteiger partial charge in [-0.3, -0.25) is 9.59 Å². The summed E-state index contributed by atoms with van der Waals surface area (Å²) in [7, 11) is 0. The number of rotatable bonds is 8. The van der Waals surface area contributed by atoms with Crippen LogP contribution in [0.25, 0.3) is 0 Å². The van der Waals surface area contributed by atoms with E-state index in [1.807, 2.05) is 37.3 Å². The van der Waals surface area contributed by atoms with Gasteiger partial charge in [0.15, 0.2) is 6.61 Å². The van der Waals surface area contributed by atoms with E-state index in [-0.39, 0.29) is 5.91 Å². The number of hydrogen-bond acceptors (Lipinski definition) is 4. The molecule has 0 bridgehead atoms. The van der Waals surface area contributed by atoms with Gasteiger partial charge in [0.05, 0.1) is 11.3 Å². The van der Waals surface area contributed by atoms with Crippen molar-refractivity contribution in [2.24, 2.45) is 0 Å². The number of carbonyl (C=O) groups excluding carboxylic acids is 3. The van der Waals surface area contributed by atoms with E-state index in [4.69, 9.17) is 4.74 Å². The highest BCUT2D eigenvalue weighted by Gasteiger charge is 2.13. The molecule has 2 rings (SSSR count). The summed E-state index contributed by atoms with van der Waals surface area (Å²) in [4.78, 5) is 36.0. The number of esters is 1. The van der Waals surface area contributed by atoms with Crippen molar-refractivity contribution in [2.75, 3.05) is 11.9 Å². The minimum absolute atomic E-state index is 0.314. The van der Waals surface area contributed by atoms with Gasteiger partial charge in [0.25, 0.3) is 11.8 Å². The second kappa shape index (κ2) is 11.1. The summed E-state index contributed by atoms with van der Waals surface area (Å²) < 4.78 is 4.86. The van der Waals surface area contributed by atoms with Crippen LogP contribution in [-0.2, 0) is 20.9 Å². The molecular weight excluding hydrogens is 356 g/mol. The Morgan fingerprint density at radius 2 is 1.68 bits per heavy atom. The van der Waals surface area contributed by atoms with Crippen molar-refractivity contribution in [3.63, 3.8) is 0 Å². The van der Waals surface area contributed by atoms with E-state index in [1.165, 1.54) is 12.2 Å². The molecule has 0 fully saturated rings. The number of benzene rings is 2. The fourth-order valence-electron chi connectivity index (χ4n) is 2.28. The lowest BCUT2D eigenvalue weighted by Gasteiger charge is -2.11. The summed E-state index contributed by atoms with van der Waals surface area (Å²) in [5.74, 6) is -1.47. The van der Waals surface area contributed by atoms with Crippen LogP contribution in [0.5, 0.6) is 0 Å². The standard InChI is InChI=1S/C22H22N2O4/c1-2-3-5-14-21(26)28-16-20(25)24-19-13-9-8-12-18(19)22(27)23-15-17-10-6-4-7-11-17/h2-14H,15-16H2,1H3,(H,23,27)(H,24,25)/b3-2+,14-5+. The van der Waals surface area contributed by atoms with Crippen molar-refractivity contribution in [1.82, 2.24) is 5.32 Å². The Balaban J connectivity index is 1.92. The average Bonchev–Trinajstić information content (AvgIpc) is 2.72. The maximum absolute atomic E-state index is 12.5. The van der Waals surface area contributed by atoms with Crippen molar-refractivity contribution < 1.29 is 19.1 Å². The fourth-order valence-corrected chi connectivity index (χ4v) is 2.28. The first-order chi connectivity index (χ1) is 13.6. The van der Waals surface area contributed by atoms with Gasteiger partial charge in [0.2, 0.25) is 0 Å². The summed E-state index contributed by atoms with van der Waals surface area (Å²) in [6, 6.07) is 16.1. The highest BCUT2D eigenvalue weighted by molar-refractivity contribution is 6.04. The SMILES string of the molecule is C/C=C/C=C/C(=O)OCC(=O)Nc1ccccc1C(=O)NCc1ccccc1. The Bertz CT molecular complexity index is 873. The van der Waals surface area contributed by atoms with Gasteiger partial charge >= 0.3 is 5.97 Å². The molecule has 2 N–H and O–H groups in total. The van der Waals surface area contributed by atoms with E-state index in [0.717, 1.165) is 5.56 Å². The molecule has 144 valence electrons. The quantitative estimate of drug-likeness (QED) is 0.420. The lowest BCUT2D eigenvalue weighted by atomic mass is 10.1. The Labute approximate surface area is 163 Å². The molecule has 28 heavy (non-hydrogen) atoms. The number of allylic oxidation sites excluding steroid dienone is 3. The molecule has 0 heterocycles. The zero-order valence-corrected chi connectivity index (χ0v) is 15.6. The van der Waals surface area contributed by atoms with Gasteiger partial charge in [-0.25, -0.2) is 4.79 Å². The second-order valence-electron chi connectivity index (χ2n) is 5.75. The van der Waals surface area contributed by atoms with E-state index >= 15 is 0 Å². The molecule has 0 aliphatic rings. The number of amides is 2. The van der Waals surface area contributed by atoms with Crippen LogP contribution in [0.2, 0.25) is 0 Å². The van der Waals surface area contributed by atoms with Crippen LogP contribution in [0.15, 0.2) is 78.9 Å².